The van der Waals surface area contributed by atoms with E-state index in [9.17, 15) is 19.5 Å². The largest absolute Gasteiger partial charge is 0.478 e. The summed E-state index contributed by atoms with van der Waals surface area (Å²) in [6, 6.07) is 13.1. The fourth-order valence-electron chi connectivity index (χ4n) is 3.78. The van der Waals surface area contributed by atoms with Crippen LogP contribution in [0.15, 0.2) is 42.5 Å². The van der Waals surface area contributed by atoms with Gasteiger partial charge in [-0.15, -0.1) is 0 Å². The summed E-state index contributed by atoms with van der Waals surface area (Å²) in [7, 11) is 1.66. The van der Waals surface area contributed by atoms with E-state index in [1.165, 1.54) is 4.90 Å². The van der Waals surface area contributed by atoms with Crippen LogP contribution in [0.5, 0.6) is 0 Å². The normalized spacial score (nSPS) is 13.8. The van der Waals surface area contributed by atoms with Crippen LogP contribution in [0.25, 0.3) is 11.1 Å². The molecule has 2 aromatic rings. The van der Waals surface area contributed by atoms with E-state index in [-0.39, 0.29) is 18.0 Å². The number of carbonyl (C=O) groups is 3. The Morgan fingerprint density at radius 3 is 2.43 bits per heavy atom. The molecule has 1 heterocycles. The van der Waals surface area contributed by atoms with Crippen LogP contribution >= 0.6 is 0 Å². The molecule has 35 heavy (non-hydrogen) atoms. The summed E-state index contributed by atoms with van der Waals surface area (Å²) >= 11 is 0. The summed E-state index contributed by atoms with van der Waals surface area (Å²) in [5.74, 6) is -1.24. The number of alkyl carbamates (subject to hydrolysis) is 1. The van der Waals surface area contributed by atoms with Crippen LogP contribution in [0.1, 0.15) is 36.7 Å². The molecule has 2 amide bonds. The number of morpholine rings is 1. The highest BCUT2D eigenvalue weighted by Gasteiger charge is 2.20. The van der Waals surface area contributed by atoms with Crippen molar-refractivity contribution in [1.29, 1.82) is 0 Å². The van der Waals surface area contributed by atoms with Crippen molar-refractivity contribution in [2.24, 2.45) is 0 Å². The minimum atomic E-state index is -0.979. The molecule has 0 bridgehead atoms. The second kappa shape index (κ2) is 11.2. The van der Waals surface area contributed by atoms with Crippen LogP contribution in [0.2, 0.25) is 0 Å². The molecule has 9 nitrogen and oxygen atoms in total. The average molecular weight is 484 g/mol. The third-order valence-corrected chi connectivity index (χ3v) is 5.47. The molecule has 0 atom stereocenters. The Morgan fingerprint density at radius 2 is 1.77 bits per heavy atom. The number of aromatic carboxylic acids is 1. The number of anilines is 1. The average Bonchev–Trinajstić information content (AvgIpc) is 2.81. The van der Waals surface area contributed by atoms with Crippen LogP contribution in [0.3, 0.4) is 0 Å². The van der Waals surface area contributed by atoms with Gasteiger partial charge in [0.15, 0.2) is 0 Å². The predicted octanol–water partition coefficient (Wildman–Crippen LogP) is 3.37. The molecule has 1 fully saturated rings. The molecule has 0 aliphatic carbocycles. The molecule has 188 valence electrons. The zero-order valence-electron chi connectivity index (χ0n) is 20.7. The van der Waals surface area contributed by atoms with E-state index in [0.29, 0.717) is 38.5 Å². The minimum absolute atomic E-state index is 0.171. The first-order valence-electron chi connectivity index (χ1n) is 11.5. The molecule has 3 rings (SSSR count). The maximum Gasteiger partial charge on any atom is 0.408 e. The number of carboxylic acid groups (broad SMARTS) is 1. The first kappa shape index (κ1) is 26.0. The number of hydrogen-bond donors (Lipinski definition) is 2. The number of hydrogen-bond acceptors (Lipinski definition) is 6. The van der Waals surface area contributed by atoms with Gasteiger partial charge in [0.25, 0.3) is 0 Å². The number of carboxylic acids is 1. The molecule has 0 unspecified atom stereocenters. The molecule has 1 aliphatic rings. The fraction of sp³-hybridized carbons (Fsp3) is 0.423. The highest BCUT2D eigenvalue weighted by Crippen LogP contribution is 2.29. The lowest BCUT2D eigenvalue weighted by molar-refractivity contribution is -0.129. The summed E-state index contributed by atoms with van der Waals surface area (Å²) < 4.78 is 10.5. The van der Waals surface area contributed by atoms with Gasteiger partial charge in [-0.1, -0.05) is 24.3 Å². The number of likely N-dealkylation sites (N-methyl/N-ethyl adjacent to an activating group) is 1. The van der Waals surface area contributed by atoms with Gasteiger partial charge in [-0.2, -0.15) is 0 Å². The quantitative estimate of drug-likeness (QED) is 0.622. The van der Waals surface area contributed by atoms with Gasteiger partial charge in [0.2, 0.25) is 5.91 Å². The van der Waals surface area contributed by atoms with E-state index < -0.39 is 17.7 Å². The lowest BCUT2D eigenvalue weighted by Gasteiger charge is -2.30. The number of nitrogens with zero attached hydrogens (tertiary/aromatic N) is 2. The van der Waals surface area contributed by atoms with E-state index in [2.05, 4.69) is 5.32 Å². The molecule has 0 spiro atoms. The van der Waals surface area contributed by atoms with Crippen molar-refractivity contribution in [2.75, 3.05) is 44.8 Å². The molecular weight excluding hydrogens is 450 g/mol. The Hall–Kier alpha value is -3.59. The molecule has 1 aliphatic heterocycles. The number of carbonyl (C=O) groups excluding carboxylic acids is 2. The summed E-state index contributed by atoms with van der Waals surface area (Å²) in [5.41, 5.74) is 2.80. The minimum Gasteiger partial charge on any atom is -0.478 e. The van der Waals surface area contributed by atoms with Gasteiger partial charge in [-0.05, 0) is 55.7 Å². The lowest BCUT2D eigenvalue weighted by atomic mass is 9.99. The van der Waals surface area contributed by atoms with E-state index in [1.54, 1.807) is 33.9 Å². The second-order valence-corrected chi connectivity index (χ2v) is 9.44. The summed E-state index contributed by atoms with van der Waals surface area (Å²) in [5, 5.41) is 12.3. The van der Waals surface area contributed by atoms with Crippen molar-refractivity contribution in [2.45, 2.75) is 32.9 Å². The predicted molar refractivity (Wildman–Crippen MR) is 133 cm³/mol. The molecule has 0 aromatic heterocycles. The topological polar surface area (TPSA) is 108 Å². The molecule has 2 aromatic carbocycles. The van der Waals surface area contributed by atoms with Gasteiger partial charge in [0.1, 0.15) is 12.1 Å². The molecule has 2 N–H and O–H groups in total. The SMILES string of the molecule is CN(Cc1cccc(-c2ccc(N3CCOCC3)c(C(=O)O)c2)c1)C(=O)CNC(=O)OC(C)(C)C. The van der Waals surface area contributed by atoms with Crippen LogP contribution in [0, 0.1) is 0 Å². The highest BCUT2D eigenvalue weighted by atomic mass is 16.6. The van der Waals surface area contributed by atoms with Gasteiger partial charge in [0.05, 0.1) is 24.5 Å². The number of benzene rings is 2. The van der Waals surface area contributed by atoms with Gasteiger partial charge >= 0.3 is 12.1 Å². The summed E-state index contributed by atoms with van der Waals surface area (Å²) in [6.45, 7) is 7.87. The summed E-state index contributed by atoms with van der Waals surface area (Å²) in [6.07, 6.45) is -0.643. The fourth-order valence-corrected chi connectivity index (χ4v) is 3.78. The molecule has 9 heteroatoms. The summed E-state index contributed by atoms with van der Waals surface area (Å²) in [4.78, 5) is 39.8. The number of ether oxygens (including phenoxy) is 2. The Balaban J connectivity index is 1.69. The van der Waals surface area contributed by atoms with Crippen LogP contribution in [-0.4, -0.2) is 73.5 Å². The second-order valence-electron chi connectivity index (χ2n) is 9.44. The Morgan fingerprint density at radius 1 is 1.09 bits per heavy atom. The molecular formula is C26H33N3O6. The zero-order valence-corrected chi connectivity index (χ0v) is 20.7. The highest BCUT2D eigenvalue weighted by molar-refractivity contribution is 5.96. The van der Waals surface area contributed by atoms with Gasteiger partial charge in [0, 0.05) is 26.7 Å². The first-order valence-corrected chi connectivity index (χ1v) is 11.5. The molecule has 0 saturated carbocycles. The van der Waals surface area contributed by atoms with Crippen molar-refractivity contribution >= 4 is 23.7 Å². The number of nitrogens with one attached hydrogen (secondary N) is 1. The van der Waals surface area contributed by atoms with Gasteiger partial charge in [-0.3, -0.25) is 4.79 Å². The number of rotatable bonds is 7. The van der Waals surface area contributed by atoms with Crippen LogP contribution < -0.4 is 10.2 Å². The smallest absolute Gasteiger partial charge is 0.408 e. The molecule has 0 radical (unpaired) electrons. The first-order chi connectivity index (χ1) is 16.5. The van der Waals surface area contributed by atoms with Crippen LogP contribution in [-0.2, 0) is 20.8 Å². The van der Waals surface area contributed by atoms with Gasteiger partial charge in [-0.25, -0.2) is 9.59 Å². The van der Waals surface area contributed by atoms with Crippen molar-refractivity contribution in [1.82, 2.24) is 10.2 Å². The Kier molecular flexibility index (Phi) is 8.34. The molecule has 1 saturated heterocycles. The van der Waals surface area contributed by atoms with Crippen molar-refractivity contribution in [3.05, 3.63) is 53.6 Å². The third kappa shape index (κ3) is 7.45. The maximum absolute atomic E-state index is 12.5. The van der Waals surface area contributed by atoms with E-state index >= 15 is 0 Å². The van der Waals surface area contributed by atoms with Crippen LogP contribution in [0.4, 0.5) is 10.5 Å². The van der Waals surface area contributed by atoms with Gasteiger partial charge < -0.3 is 29.7 Å². The maximum atomic E-state index is 12.5. The monoisotopic (exact) mass is 483 g/mol. The number of amides is 2. The Bertz CT molecular complexity index is 1070. The van der Waals surface area contributed by atoms with E-state index in [4.69, 9.17) is 9.47 Å². The van der Waals surface area contributed by atoms with E-state index in [0.717, 1.165) is 16.7 Å². The van der Waals surface area contributed by atoms with Crippen molar-refractivity contribution in [3.8, 4) is 11.1 Å². The standard InChI is InChI=1S/C26H33N3O6/c1-26(2,3)35-25(33)27-16-23(30)28(4)17-18-6-5-7-19(14-18)20-8-9-22(21(15-20)24(31)32)29-10-12-34-13-11-29/h5-9,14-15H,10-13,16-17H2,1-4H3,(H,27,33)(H,31,32). The van der Waals surface area contributed by atoms with Crippen molar-refractivity contribution < 1.29 is 29.0 Å². The Labute approximate surface area is 205 Å². The lowest BCUT2D eigenvalue weighted by Crippen LogP contribution is -2.40. The third-order valence-electron chi connectivity index (χ3n) is 5.47. The van der Waals surface area contributed by atoms with Crippen molar-refractivity contribution in [3.63, 3.8) is 0 Å². The zero-order chi connectivity index (χ0) is 25.6. The van der Waals surface area contributed by atoms with E-state index in [1.807, 2.05) is 41.3 Å².